The van der Waals surface area contributed by atoms with E-state index in [0.29, 0.717) is 23.6 Å². The molecular formula is C19H19BrFN5O5S. The number of rotatable bonds is 5. The van der Waals surface area contributed by atoms with Crippen LogP contribution in [0.15, 0.2) is 41.6 Å². The molecule has 1 amide bonds. The smallest absolute Gasteiger partial charge is 0.444 e. The van der Waals surface area contributed by atoms with Crippen molar-refractivity contribution >= 4 is 33.8 Å². The average molecular weight is 528 g/mol. The van der Waals surface area contributed by atoms with Crippen molar-refractivity contribution in [2.45, 2.75) is 55.5 Å². The molecule has 1 aliphatic carbocycles. The van der Waals surface area contributed by atoms with E-state index in [0.717, 1.165) is 4.57 Å². The third kappa shape index (κ3) is 4.88. The van der Waals surface area contributed by atoms with E-state index in [1.165, 1.54) is 30.0 Å². The Kier molecular flexibility index (Phi) is 6.12. The highest BCUT2D eigenvalue weighted by atomic mass is 79.9. The SMILES string of the molecule is CC(C)(C)OC(=O)NC1CC(Sc2nonc2-c2noc(=O)n2-c2ccc(F)c(Br)c2)C1. The molecule has 0 radical (unpaired) electrons. The first-order chi connectivity index (χ1) is 15.1. The molecule has 1 fully saturated rings. The van der Waals surface area contributed by atoms with E-state index in [-0.39, 0.29) is 27.3 Å². The molecule has 13 heteroatoms. The molecule has 4 rings (SSSR count). The van der Waals surface area contributed by atoms with Crippen LogP contribution in [-0.2, 0) is 4.74 Å². The van der Waals surface area contributed by atoms with Crippen LogP contribution >= 0.6 is 27.7 Å². The summed E-state index contributed by atoms with van der Waals surface area (Å²) in [5, 5.41) is 15.0. The lowest BCUT2D eigenvalue weighted by molar-refractivity contribution is 0.0482. The number of carbonyl (C=O) groups excluding carboxylic acids is 1. The number of amides is 1. The summed E-state index contributed by atoms with van der Waals surface area (Å²) >= 11 is 4.50. The predicted molar refractivity (Wildman–Crippen MR) is 115 cm³/mol. The van der Waals surface area contributed by atoms with Gasteiger partial charge >= 0.3 is 11.8 Å². The number of ether oxygens (including phenoxy) is 1. The molecule has 1 saturated carbocycles. The second-order valence-corrected chi connectivity index (χ2v) is 10.3. The van der Waals surface area contributed by atoms with Gasteiger partial charge in [-0.05, 0) is 78.1 Å². The van der Waals surface area contributed by atoms with Crippen molar-refractivity contribution < 1.29 is 23.1 Å². The van der Waals surface area contributed by atoms with Crippen LogP contribution in [0.4, 0.5) is 9.18 Å². The number of hydrogen-bond acceptors (Lipinski definition) is 9. The molecule has 170 valence electrons. The lowest BCUT2D eigenvalue weighted by Gasteiger charge is -2.35. The van der Waals surface area contributed by atoms with Gasteiger partial charge in [-0.25, -0.2) is 23.2 Å². The van der Waals surface area contributed by atoms with Crippen LogP contribution in [-0.4, -0.2) is 43.0 Å². The minimum atomic E-state index is -0.761. The second kappa shape index (κ2) is 8.70. The zero-order valence-electron chi connectivity index (χ0n) is 17.3. The molecule has 2 aromatic heterocycles. The Hall–Kier alpha value is -2.67. The fourth-order valence-electron chi connectivity index (χ4n) is 3.06. The minimum absolute atomic E-state index is 0.00698. The van der Waals surface area contributed by atoms with Crippen LogP contribution in [0, 0.1) is 5.82 Å². The molecule has 10 nitrogen and oxygen atoms in total. The van der Waals surface area contributed by atoms with Gasteiger partial charge in [-0.15, -0.1) is 0 Å². The quantitative estimate of drug-likeness (QED) is 0.525. The summed E-state index contributed by atoms with van der Waals surface area (Å²) in [5.74, 6) is -1.15. The summed E-state index contributed by atoms with van der Waals surface area (Å²) < 4.78 is 29.9. The van der Waals surface area contributed by atoms with Crippen molar-refractivity contribution in [2.75, 3.05) is 0 Å². The number of halogens is 2. The number of benzene rings is 1. The largest absolute Gasteiger partial charge is 0.446 e. The Bertz CT molecular complexity index is 1200. The highest BCUT2D eigenvalue weighted by Crippen LogP contribution is 2.39. The van der Waals surface area contributed by atoms with E-state index in [9.17, 15) is 14.0 Å². The Morgan fingerprint density at radius 2 is 2.06 bits per heavy atom. The number of nitrogens with zero attached hydrogens (tertiary/aromatic N) is 4. The van der Waals surface area contributed by atoms with Crippen LogP contribution in [0.3, 0.4) is 0 Å². The fourth-order valence-corrected chi connectivity index (χ4v) is 4.71. The predicted octanol–water partition coefficient (Wildman–Crippen LogP) is 3.92. The van der Waals surface area contributed by atoms with Gasteiger partial charge in [0.1, 0.15) is 11.4 Å². The van der Waals surface area contributed by atoms with Gasteiger partial charge in [0.2, 0.25) is 5.82 Å². The Morgan fingerprint density at radius 3 is 2.75 bits per heavy atom. The van der Waals surface area contributed by atoms with Crippen molar-refractivity contribution in [3.8, 4) is 17.2 Å². The summed E-state index contributed by atoms with van der Waals surface area (Å²) in [6, 6.07) is 4.05. The molecule has 3 aromatic rings. The highest BCUT2D eigenvalue weighted by molar-refractivity contribution is 9.10. The maximum atomic E-state index is 13.6. The van der Waals surface area contributed by atoms with Crippen LogP contribution in [0.5, 0.6) is 0 Å². The van der Waals surface area contributed by atoms with Crippen LogP contribution in [0.2, 0.25) is 0 Å². The Labute approximate surface area is 193 Å². The lowest BCUT2D eigenvalue weighted by atomic mass is 9.92. The van der Waals surface area contributed by atoms with Gasteiger partial charge in [0.25, 0.3) is 0 Å². The fraction of sp³-hybridized carbons (Fsp3) is 0.421. The van der Waals surface area contributed by atoms with E-state index in [1.54, 1.807) is 20.8 Å². The van der Waals surface area contributed by atoms with Crippen LogP contribution in [0.25, 0.3) is 17.2 Å². The molecule has 1 N–H and O–H groups in total. The number of hydrogen-bond donors (Lipinski definition) is 1. The molecule has 0 saturated heterocycles. The lowest BCUT2D eigenvalue weighted by Crippen LogP contribution is -2.47. The molecule has 32 heavy (non-hydrogen) atoms. The molecule has 0 atom stereocenters. The first-order valence-corrected chi connectivity index (χ1v) is 11.3. The molecule has 0 bridgehead atoms. The number of nitrogens with one attached hydrogen (secondary N) is 1. The van der Waals surface area contributed by atoms with Gasteiger partial charge in [0.15, 0.2) is 10.7 Å². The molecule has 2 heterocycles. The maximum Gasteiger partial charge on any atom is 0.446 e. The van der Waals surface area contributed by atoms with Gasteiger partial charge in [-0.3, -0.25) is 4.52 Å². The van der Waals surface area contributed by atoms with Gasteiger partial charge in [-0.2, -0.15) is 0 Å². The summed E-state index contributed by atoms with van der Waals surface area (Å²) in [7, 11) is 0. The van der Waals surface area contributed by atoms with Crippen molar-refractivity contribution in [1.82, 2.24) is 25.4 Å². The zero-order chi connectivity index (χ0) is 23.0. The van der Waals surface area contributed by atoms with Gasteiger partial charge in [0.05, 0.1) is 10.2 Å². The van der Waals surface area contributed by atoms with Gasteiger partial charge in [-0.1, -0.05) is 16.9 Å². The topological polar surface area (TPSA) is 125 Å². The van der Waals surface area contributed by atoms with Crippen molar-refractivity contribution in [1.29, 1.82) is 0 Å². The standard InChI is InChI=1S/C19H19BrFN5O5S/c1-19(2,3)29-17(27)22-9-6-11(7-9)32-16-14(23-31-25-16)15-24-30-18(28)26(15)10-4-5-13(21)12(20)8-10/h4-5,8-9,11H,6-7H2,1-3H3,(H,22,27). The van der Waals surface area contributed by atoms with E-state index in [1.807, 2.05) is 0 Å². The Morgan fingerprint density at radius 1 is 1.31 bits per heavy atom. The van der Waals surface area contributed by atoms with Crippen molar-refractivity contribution in [3.05, 3.63) is 39.0 Å². The second-order valence-electron chi connectivity index (χ2n) is 8.18. The molecule has 1 aliphatic rings. The van der Waals surface area contributed by atoms with Gasteiger partial charge < -0.3 is 10.1 Å². The summed E-state index contributed by atoms with van der Waals surface area (Å²) in [5.41, 5.74) is 0.00474. The summed E-state index contributed by atoms with van der Waals surface area (Å²) in [6.07, 6.45) is 0.950. The van der Waals surface area contributed by atoms with Crippen molar-refractivity contribution in [3.63, 3.8) is 0 Å². The maximum absolute atomic E-state index is 13.6. The molecule has 0 unspecified atom stereocenters. The third-order valence-electron chi connectivity index (χ3n) is 4.53. The third-order valence-corrected chi connectivity index (χ3v) is 6.35. The summed E-state index contributed by atoms with van der Waals surface area (Å²) in [4.78, 5) is 24.2. The normalized spacial score (nSPS) is 18.3. The number of aromatic nitrogens is 4. The molecular weight excluding hydrogens is 509 g/mol. The first kappa shape index (κ1) is 22.5. The van der Waals surface area contributed by atoms with E-state index in [4.69, 9.17) is 13.9 Å². The minimum Gasteiger partial charge on any atom is -0.444 e. The van der Waals surface area contributed by atoms with E-state index in [2.05, 4.69) is 36.7 Å². The average Bonchev–Trinajstić information content (AvgIpc) is 3.27. The van der Waals surface area contributed by atoms with E-state index >= 15 is 0 Å². The molecule has 1 aromatic carbocycles. The zero-order valence-corrected chi connectivity index (χ0v) is 19.7. The Balaban J connectivity index is 1.46. The highest BCUT2D eigenvalue weighted by Gasteiger charge is 2.35. The number of carbonyl (C=O) groups is 1. The first-order valence-electron chi connectivity index (χ1n) is 9.64. The number of thioether (sulfide) groups is 1. The van der Waals surface area contributed by atoms with Gasteiger partial charge in [0, 0.05) is 11.3 Å². The van der Waals surface area contributed by atoms with Crippen molar-refractivity contribution in [2.24, 2.45) is 0 Å². The number of alkyl carbamates (subject to hydrolysis) is 1. The molecule has 0 aliphatic heterocycles. The summed E-state index contributed by atoms with van der Waals surface area (Å²) in [6.45, 7) is 5.41. The van der Waals surface area contributed by atoms with E-state index < -0.39 is 23.3 Å². The van der Waals surface area contributed by atoms with Crippen LogP contribution < -0.4 is 11.1 Å². The van der Waals surface area contributed by atoms with Crippen LogP contribution in [0.1, 0.15) is 33.6 Å². The molecule has 0 spiro atoms. The monoisotopic (exact) mass is 527 g/mol.